The highest BCUT2D eigenvalue weighted by atomic mass is 16.6. The maximum absolute atomic E-state index is 11.6. The average Bonchev–Trinajstić information content (AvgIpc) is 2.41. The van der Waals surface area contributed by atoms with E-state index in [1.807, 2.05) is 13.8 Å². The lowest BCUT2D eigenvalue weighted by Gasteiger charge is -2.22. The number of esters is 2. The molecule has 3 heteroatoms. The Morgan fingerprint density at radius 3 is 2.06 bits per heavy atom. The zero-order valence-electron chi connectivity index (χ0n) is 10.8. The summed E-state index contributed by atoms with van der Waals surface area (Å²) in [5.74, 6) is 0.0000765. The van der Waals surface area contributed by atoms with E-state index in [1.54, 1.807) is 0 Å². The first kappa shape index (κ1) is 13.2. The highest BCUT2D eigenvalue weighted by Crippen LogP contribution is 2.35. The smallest absolute Gasteiger partial charge is 0.317 e. The lowest BCUT2D eigenvalue weighted by molar-refractivity contribution is -0.154. The topological polar surface area (TPSA) is 43.4 Å². The SMILES string of the molecule is CC(C)C(C)CC1C(=O)OC(=O)C1C(C)C. The minimum Gasteiger partial charge on any atom is -0.393 e. The zero-order valence-corrected chi connectivity index (χ0v) is 10.8. The van der Waals surface area contributed by atoms with Crippen molar-refractivity contribution in [3.05, 3.63) is 0 Å². The molecule has 92 valence electrons. The summed E-state index contributed by atoms with van der Waals surface area (Å²) in [4.78, 5) is 23.2. The minimum absolute atomic E-state index is 0.170. The largest absolute Gasteiger partial charge is 0.393 e. The molecule has 0 aromatic heterocycles. The lowest BCUT2D eigenvalue weighted by Crippen LogP contribution is -2.25. The van der Waals surface area contributed by atoms with Crippen molar-refractivity contribution < 1.29 is 14.3 Å². The zero-order chi connectivity index (χ0) is 12.5. The number of hydrogen-bond donors (Lipinski definition) is 0. The summed E-state index contributed by atoms with van der Waals surface area (Å²) in [5.41, 5.74) is 0. The second kappa shape index (κ2) is 4.98. The number of hydrogen-bond acceptors (Lipinski definition) is 3. The van der Waals surface area contributed by atoms with Crippen LogP contribution in [0, 0.1) is 29.6 Å². The Bertz CT molecular complexity index is 281. The van der Waals surface area contributed by atoms with E-state index in [9.17, 15) is 9.59 Å². The summed E-state index contributed by atoms with van der Waals surface area (Å²) in [7, 11) is 0. The first-order valence-corrected chi connectivity index (χ1v) is 6.10. The molecule has 1 saturated heterocycles. The Labute approximate surface area is 97.5 Å². The van der Waals surface area contributed by atoms with E-state index in [4.69, 9.17) is 4.74 Å². The van der Waals surface area contributed by atoms with Crippen LogP contribution < -0.4 is 0 Å². The molecule has 1 aliphatic heterocycles. The fourth-order valence-electron chi connectivity index (χ4n) is 2.21. The first-order chi connectivity index (χ1) is 7.34. The summed E-state index contributed by atoms with van der Waals surface area (Å²) >= 11 is 0. The molecule has 3 nitrogen and oxygen atoms in total. The third-order valence-electron chi connectivity index (χ3n) is 3.69. The average molecular weight is 226 g/mol. The third kappa shape index (κ3) is 2.63. The molecule has 1 aliphatic rings. The standard InChI is InChI=1S/C13H22O3/c1-7(2)9(5)6-10-11(8(3)4)13(15)16-12(10)14/h7-11H,6H2,1-5H3. The van der Waals surface area contributed by atoms with Crippen LogP contribution in [0.25, 0.3) is 0 Å². The van der Waals surface area contributed by atoms with Crippen molar-refractivity contribution in [3.63, 3.8) is 0 Å². The Morgan fingerprint density at radius 1 is 1.06 bits per heavy atom. The Hall–Kier alpha value is -0.860. The van der Waals surface area contributed by atoms with Gasteiger partial charge in [-0.15, -0.1) is 0 Å². The normalized spacial score (nSPS) is 27.7. The van der Waals surface area contributed by atoms with E-state index in [0.29, 0.717) is 11.8 Å². The Kier molecular flexibility index (Phi) is 4.11. The molecule has 0 N–H and O–H groups in total. The van der Waals surface area contributed by atoms with Gasteiger partial charge in [0.15, 0.2) is 0 Å². The van der Waals surface area contributed by atoms with Crippen LogP contribution in [0.3, 0.4) is 0 Å². The lowest BCUT2D eigenvalue weighted by atomic mass is 9.78. The molecule has 16 heavy (non-hydrogen) atoms. The van der Waals surface area contributed by atoms with Crippen molar-refractivity contribution in [2.45, 2.75) is 41.0 Å². The molecule has 0 radical (unpaired) electrons. The maximum atomic E-state index is 11.6. The first-order valence-electron chi connectivity index (χ1n) is 6.10. The molecule has 1 fully saturated rings. The molecule has 1 heterocycles. The van der Waals surface area contributed by atoms with Gasteiger partial charge in [0.05, 0.1) is 11.8 Å². The van der Waals surface area contributed by atoms with Crippen LogP contribution >= 0.6 is 0 Å². The fraction of sp³-hybridized carbons (Fsp3) is 0.846. The number of carbonyl (C=O) groups is 2. The van der Waals surface area contributed by atoms with Crippen molar-refractivity contribution in [2.75, 3.05) is 0 Å². The van der Waals surface area contributed by atoms with Crippen LogP contribution in [-0.4, -0.2) is 11.9 Å². The van der Waals surface area contributed by atoms with Gasteiger partial charge < -0.3 is 4.74 Å². The maximum Gasteiger partial charge on any atom is 0.317 e. The minimum atomic E-state index is -0.332. The van der Waals surface area contributed by atoms with Crippen molar-refractivity contribution >= 4 is 11.9 Å². The van der Waals surface area contributed by atoms with Crippen LogP contribution in [0.1, 0.15) is 41.0 Å². The van der Waals surface area contributed by atoms with Gasteiger partial charge in [-0.05, 0) is 24.2 Å². The van der Waals surface area contributed by atoms with Crippen molar-refractivity contribution in [3.8, 4) is 0 Å². The van der Waals surface area contributed by atoms with Gasteiger partial charge in [0, 0.05) is 0 Å². The second-order valence-corrected chi connectivity index (χ2v) is 5.57. The van der Waals surface area contributed by atoms with Crippen molar-refractivity contribution in [1.29, 1.82) is 0 Å². The van der Waals surface area contributed by atoms with E-state index < -0.39 is 0 Å². The van der Waals surface area contributed by atoms with E-state index in [2.05, 4.69) is 20.8 Å². The molecule has 0 aliphatic carbocycles. The van der Waals surface area contributed by atoms with Gasteiger partial charge in [-0.2, -0.15) is 0 Å². The quantitative estimate of drug-likeness (QED) is 0.546. The van der Waals surface area contributed by atoms with Crippen LogP contribution in [0.5, 0.6) is 0 Å². The van der Waals surface area contributed by atoms with Gasteiger partial charge >= 0.3 is 11.9 Å². The van der Waals surface area contributed by atoms with E-state index >= 15 is 0 Å². The summed E-state index contributed by atoms with van der Waals surface area (Å²) < 4.78 is 4.75. The van der Waals surface area contributed by atoms with Crippen molar-refractivity contribution in [2.24, 2.45) is 29.6 Å². The number of carbonyl (C=O) groups excluding carboxylic acids is 2. The molecule has 1 rings (SSSR count). The summed E-state index contributed by atoms with van der Waals surface area (Å²) in [6.45, 7) is 10.3. The summed E-state index contributed by atoms with van der Waals surface area (Å²) in [5, 5.41) is 0. The summed E-state index contributed by atoms with van der Waals surface area (Å²) in [6.07, 6.45) is 0.755. The van der Waals surface area contributed by atoms with E-state index in [0.717, 1.165) is 6.42 Å². The molecule has 3 unspecified atom stereocenters. The van der Waals surface area contributed by atoms with Crippen LogP contribution in [0.2, 0.25) is 0 Å². The monoisotopic (exact) mass is 226 g/mol. The van der Waals surface area contributed by atoms with Crippen molar-refractivity contribution in [1.82, 2.24) is 0 Å². The van der Waals surface area contributed by atoms with Crippen LogP contribution in [-0.2, 0) is 14.3 Å². The highest BCUT2D eigenvalue weighted by molar-refractivity contribution is 5.96. The Morgan fingerprint density at radius 2 is 1.62 bits per heavy atom. The second-order valence-electron chi connectivity index (χ2n) is 5.57. The van der Waals surface area contributed by atoms with Gasteiger partial charge in [-0.1, -0.05) is 34.6 Å². The molecule has 0 spiro atoms. The molecular formula is C13H22O3. The fourth-order valence-corrected chi connectivity index (χ4v) is 2.21. The number of ether oxygens (including phenoxy) is 1. The molecular weight excluding hydrogens is 204 g/mol. The van der Waals surface area contributed by atoms with Gasteiger partial charge in [-0.3, -0.25) is 9.59 Å². The van der Waals surface area contributed by atoms with Gasteiger partial charge in [-0.25, -0.2) is 0 Å². The predicted molar refractivity (Wildman–Crippen MR) is 61.5 cm³/mol. The molecule has 0 bridgehead atoms. The molecule has 3 atom stereocenters. The predicted octanol–water partition coefficient (Wildman–Crippen LogP) is 2.64. The highest BCUT2D eigenvalue weighted by Gasteiger charge is 2.46. The van der Waals surface area contributed by atoms with Gasteiger partial charge in [0.1, 0.15) is 0 Å². The van der Waals surface area contributed by atoms with Gasteiger partial charge in [0.25, 0.3) is 0 Å². The van der Waals surface area contributed by atoms with Crippen LogP contribution in [0.15, 0.2) is 0 Å². The van der Waals surface area contributed by atoms with E-state index in [-0.39, 0.29) is 29.7 Å². The number of cyclic esters (lactones) is 2. The van der Waals surface area contributed by atoms with Crippen LogP contribution in [0.4, 0.5) is 0 Å². The molecule has 0 aromatic carbocycles. The third-order valence-corrected chi connectivity index (χ3v) is 3.69. The molecule has 0 aromatic rings. The number of rotatable bonds is 4. The summed E-state index contributed by atoms with van der Waals surface area (Å²) in [6, 6.07) is 0. The Balaban J connectivity index is 2.76. The molecule has 0 saturated carbocycles. The van der Waals surface area contributed by atoms with Gasteiger partial charge in [0.2, 0.25) is 0 Å². The molecule has 0 amide bonds. The van der Waals surface area contributed by atoms with E-state index in [1.165, 1.54) is 0 Å².